The molecule has 3 nitrogen and oxygen atoms in total. The van der Waals surface area contributed by atoms with Gasteiger partial charge in [0.15, 0.2) is 0 Å². The monoisotopic (exact) mass is 298 g/mol. The minimum Gasteiger partial charge on any atom is -0.353 e. The molecule has 0 radical (unpaired) electrons. The van der Waals surface area contributed by atoms with Gasteiger partial charge in [-0.3, -0.25) is 4.79 Å². The van der Waals surface area contributed by atoms with E-state index in [9.17, 15) is 9.18 Å². The Morgan fingerprint density at radius 1 is 1.45 bits per heavy atom. The van der Waals surface area contributed by atoms with E-state index in [-0.39, 0.29) is 36.1 Å². The van der Waals surface area contributed by atoms with Gasteiger partial charge in [-0.1, -0.05) is 12.1 Å². The SMILES string of the molecule is Cl.O=C(CC1CCCN1)NC1CC1c1cccc(F)c1. The molecule has 5 heteroatoms. The Bertz CT molecular complexity index is 477. The smallest absolute Gasteiger partial charge is 0.221 e. The molecule has 20 heavy (non-hydrogen) atoms. The number of hydrogen-bond acceptors (Lipinski definition) is 2. The molecule has 2 aliphatic rings. The fourth-order valence-corrected chi connectivity index (χ4v) is 2.88. The van der Waals surface area contributed by atoms with Crippen LogP contribution in [0.15, 0.2) is 24.3 Å². The van der Waals surface area contributed by atoms with Crippen molar-refractivity contribution in [3.8, 4) is 0 Å². The zero-order valence-electron chi connectivity index (χ0n) is 11.3. The second-order valence-electron chi connectivity index (χ2n) is 5.57. The number of halogens is 2. The van der Waals surface area contributed by atoms with Crippen molar-refractivity contribution in [1.29, 1.82) is 0 Å². The maximum Gasteiger partial charge on any atom is 0.221 e. The number of carbonyl (C=O) groups is 1. The Morgan fingerprint density at radius 2 is 2.30 bits per heavy atom. The molecule has 1 heterocycles. The normalized spacial score (nSPS) is 27.8. The number of rotatable bonds is 4. The van der Waals surface area contributed by atoms with Gasteiger partial charge in [-0.2, -0.15) is 0 Å². The molecule has 110 valence electrons. The van der Waals surface area contributed by atoms with Gasteiger partial charge in [-0.05, 0) is 43.5 Å². The van der Waals surface area contributed by atoms with Crippen molar-refractivity contribution in [1.82, 2.24) is 10.6 Å². The van der Waals surface area contributed by atoms with Crippen LogP contribution in [0.25, 0.3) is 0 Å². The lowest BCUT2D eigenvalue weighted by Crippen LogP contribution is -2.33. The zero-order chi connectivity index (χ0) is 13.2. The Balaban J connectivity index is 0.00000147. The van der Waals surface area contributed by atoms with E-state index in [4.69, 9.17) is 0 Å². The number of nitrogens with one attached hydrogen (secondary N) is 2. The molecule has 1 aliphatic heterocycles. The first-order valence-electron chi connectivity index (χ1n) is 7.00. The molecule has 1 saturated carbocycles. The molecule has 0 aromatic heterocycles. The van der Waals surface area contributed by atoms with Crippen molar-refractivity contribution in [2.45, 2.75) is 43.7 Å². The molecule has 3 rings (SSSR count). The highest BCUT2D eigenvalue weighted by Gasteiger charge is 2.39. The van der Waals surface area contributed by atoms with Crippen LogP contribution < -0.4 is 10.6 Å². The van der Waals surface area contributed by atoms with Crippen molar-refractivity contribution in [2.24, 2.45) is 0 Å². The van der Waals surface area contributed by atoms with Gasteiger partial charge in [-0.25, -0.2) is 4.39 Å². The van der Waals surface area contributed by atoms with Crippen molar-refractivity contribution in [3.63, 3.8) is 0 Å². The third-order valence-corrected chi connectivity index (χ3v) is 4.01. The van der Waals surface area contributed by atoms with Crippen LogP contribution in [0.4, 0.5) is 4.39 Å². The fourth-order valence-electron chi connectivity index (χ4n) is 2.88. The van der Waals surface area contributed by atoms with Gasteiger partial charge in [0, 0.05) is 24.4 Å². The molecular formula is C15H20ClFN2O. The van der Waals surface area contributed by atoms with Crippen LogP contribution in [0.3, 0.4) is 0 Å². The zero-order valence-corrected chi connectivity index (χ0v) is 12.1. The van der Waals surface area contributed by atoms with Crippen LogP contribution in [0.5, 0.6) is 0 Å². The highest BCUT2D eigenvalue weighted by Crippen LogP contribution is 2.40. The van der Waals surface area contributed by atoms with E-state index in [1.54, 1.807) is 12.1 Å². The van der Waals surface area contributed by atoms with E-state index < -0.39 is 0 Å². The topological polar surface area (TPSA) is 41.1 Å². The van der Waals surface area contributed by atoms with Crippen LogP contribution in [0, 0.1) is 5.82 Å². The number of hydrogen-bond donors (Lipinski definition) is 2. The lowest BCUT2D eigenvalue weighted by molar-refractivity contribution is -0.121. The van der Waals surface area contributed by atoms with Crippen LogP contribution in [0.1, 0.15) is 37.2 Å². The molecule has 0 bridgehead atoms. The Morgan fingerprint density at radius 3 is 3.00 bits per heavy atom. The standard InChI is InChI=1S/C15H19FN2O.ClH/c16-11-4-1-3-10(7-11)13-9-14(13)18-15(19)8-12-5-2-6-17-12;/h1,3-4,7,12-14,17H,2,5-6,8-9H2,(H,18,19);1H. The summed E-state index contributed by atoms with van der Waals surface area (Å²) in [6.45, 7) is 1.02. The minimum absolute atomic E-state index is 0. The first-order chi connectivity index (χ1) is 9.22. The molecule has 2 fully saturated rings. The quantitative estimate of drug-likeness (QED) is 0.896. The average molecular weight is 299 g/mol. The second kappa shape index (κ2) is 6.55. The predicted octanol–water partition coefficient (Wildman–Crippen LogP) is 2.36. The summed E-state index contributed by atoms with van der Waals surface area (Å²) >= 11 is 0. The number of carbonyl (C=O) groups excluding carboxylic acids is 1. The molecule has 1 amide bonds. The minimum atomic E-state index is -0.204. The largest absolute Gasteiger partial charge is 0.353 e. The molecule has 2 N–H and O–H groups in total. The van der Waals surface area contributed by atoms with E-state index in [1.807, 2.05) is 6.07 Å². The van der Waals surface area contributed by atoms with Gasteiger partial charge in [0.1, 0.15) is 5.82 Å². The van der Waals surface area contributed by atoms with Crippen molar-refractivity contribution < 1.29 is 9.18 Å². The summed E-state index contributed by atoms with van der Waals surface area (Å²) in [7, 11) is 0. The van der Waals surface area contributed by atoms with Gasteiger partial charge in [-0.15, -0.1) is 12.4 Å². The van der Waals surface area contributed by atoms with Crippen LogP contribution in [-0.2, 0) is 4.79 Å². The predicted molar refractivity (Wildman–Crippen MR) is 78.6 cm³/mol. The summed E-state index contributed by atoms with van der Waals surface area (Å²) in [6.07, 6.45) is 3.73. The highest BCUT2D eigenvalue weighted by molar-refractivity contribution is 5.85. The average Bonchev–Trinajstić information content (AvgIpc) is 2.94. The molecule has 1 aromatic carbocycles. The van der Waals surface area contributed by atoms with Crippen LogP contribution >= 0.6 is 12.4 Å². The molecule has 1 aliphatic carbocycles. The van der Waals surface area contributed by atoms with E-state index in [2.05, 4.69) is 10.6 Å². The first kappa shape index (κ1) is 15.3. The third kappa shape index (κ3) is 3.70. The van der Waals surface area contributed by atoms with Crippen molar-refractivity contribution in [2.75, 3.05) is 6.54 Å². The molecule has 3 unspecified atom stereocenters. The number of benzene rings is 1. The van der Waals surface area contributed by atoms with E-state index in [0.29, 0.717) is 12.5 Å². The van der Waals surface area contributed by atoms with E-state index >= 15 is 0 Å². The van der Waals surface area contributed by atoms with E-state index in [0.717, 1.165) is 31.4 Å². The molecule has 1 aromatic rings. The first-order valence-corrected chi connectivity index (χ1v) is 7.00. The van der Waals surface area contributed by atoms with Gasteiger partial charge in [0.05, 0.1) is 0 Å². The highest BCUT2D eigenvalue weighted by atomic mass is 35.5. The molecule has 1 saturated heterocycles. The van der Waals surface area contributed by atoms with Crippen LogP contribution in [0.2, 0.25) is 0 Å². The Labute approximate surface area is 124 Å². The van der Waals surface area contributed by atoms with Crippen molar-refractivity contribution >= 4 is 18.3 Å². The lowest BCUT2D eigenvalue weighted by Gasteiger charge is -2.10. The van der Waals surface area contributed by atoms with E-state index in [1.165, 1.54) is 6.07 Å². The second-order valence-corrected chi connectivity index (χ2v) is 5.57. The van der Waals surface area contributed by atoms with Gasteiger partial charge in [0.2, 0.25) is 5.91 Å². The maximum atomic E-state index is 13.1. The third-order valence-electron chi connectivity index (χ3n) is 4.01. The summed E-state index contributed by atoms with van der Waals surface area (Å²) in [6, 6.07) is 7.20. The summed E-state index contributed by atoms with van der Waals surface area (Å²) in [5.74, 6) is 0.198. The van der Waals surface area contributed by atoms with Crippen molar-refractivity contribution in [3.05, 3.63) is 35.6 Å². The summed E-state index contributed by atoms with van der Waals surface area (Å²) < 4.78 is 13.1. The number of amides is 1. The van der Waals surface area contributed by atoms with Gasteiger partial charge < -0.3 is 10.6 Å². The summed E-state index contributed by atoms with van der Waals surface area (Å²) in [5.41, 5.74) is 0.990. The van der Waals surface area contributed by atoms with Gasteiger partial charge in [0.25, 0.3) is 0 Å². The Hall–Kier alpha value is -1.13. The molecular weight excluding hydrogens is 279 g/mol. The van der Waals surface area contributed by atoms with Gasteiger partial charge >= 0.3 is 0 Å². The Kier molecular flexibility index (Phi) is 5.00. The summed E-state index contributed by atoms with van der Waals surface area (Å²) in [5, 5.41) is 6.37. The molecule has 3 atom stereocenters. The lowest BCUT2D eigenvalue weighted by atomic mass is 10.1. The van der Waals surface area contributed by atoms with Crippen LogP contribution in [-0.4, -0.2) is 24.5 Å². The maximum absolute atomic E-state index is 13.1. The fraction of sp³-hybridized carbons (Fsp3) is 0.533. The molecule has 0 spiro atoms. The summed E-state index contributed by atoms with van der Waals surface area (Å²) in [4.78, 5) is 11.9.